The van der Waals surface area contributed by atoms with Crippen LogP contribution in [0.25, 0.3) is 0 Å². The second kappa shape index (κ2) is 5.45. The van der Waals surface area contributed by atoms with Gasteiger partial charge >= 0.3 is 0 Å². The highest BCUT2D eigenvalue weighted by atomic mass is 32.1. The van der Waals surface area contributed by atoms with Crippen LogP contribution in [0.5, 0.6) is 0 Å². The monoisotopic (exact) mass is 251 g/mol. The van der Waals surface area contributed by atoms with Gasteiger partial charge in [-0.25, -0.2) is 9.97 Å². The van der Waals surface area contributed by atoms with Crippen LogP contribution in [0.4, 0.5) is 0 Å². The lowest BCUT2D eigenvalue weighted by molar-refractivity contribution is 0.827. The van der Waals surface area contributed by atoms with Crippen LogP contribution in [0.3, 0.4) is 0 Å². The van der Waals surface area contributed by atoms with E-state index in [1.165, 1.54) is 21.3 Å². The van der Waals surface area contributed by atoms with Gasteiger partial charge in [0.2, 0.25) is 0 Å². The first-order chi connectivity index (χ1) is 7.82. The van der Waals surface area contributed by atoms with Gasteiger partial charge in [0.25, 0.3) is 0 Å². The fourth-order valence-corrected chi connectivity index (χ4v) is 2.34. The summed E-state index contributed by atoms with van der Waals surface area (Å²) in [4.78, 5) is 9.84. The Hall–Kier alpha value is -1.16. The molecule has 0 radical (unpaired) electrons. The average Bonchev–Trinajstić information content (AvgIpc) is 2.64. The van der Waals surface area contributed by atoms with Crippen molar-refractivity contribution in [3.8, 4) is 0 Å². The Balaban J connectivity index is 0.000000171. The molecule has 0 aromatic carbocycles. The van der Waals surface area contributed by atoms with Gasteiger partial charge in [0.15, 0.2) is 0 Å². The summed E-state index contributed by atoms with van der Waals surface area (Å²) in [6.45, 7) is 12.3. The SMILES string of the molecule is Cc1nc(C)c(C)s1.Cc1nc(C)n(C)c1C. The second-order valence-corrected chi connectivity index (χ2v) is 5.67. The number of rotatable bonds is 0. The molecule has 17 heavy (non-hydrogen) atoms. The minimum atomic E-state index is 1.09. The number of hydrogen-bond donors (Lipinski definition) is 0. The van der Waals surface area contributed by atoms with Crippen molar-refractivity contribution >= 4 is 11.3 Å². The molecule has 0 fully saturated rings. The number of thiazole rings is 1. The smallest absolute Gasteiger partial charge is 0.105 e. The Morgan fingerprint density at radius 3 is 1.59 bits per heavy atom. The van der Waals surface area contributed by atoms with Gasteiger partial charge in [-0.2, -0.15) is 0 Å². The van der Waals surface area contributed by atoms with Crippen molar-refractivity contribution in [1.29, 1.82) is 0 Å². The summed E-state index contributed by atoms with van der Waals surface area (Å²) in [7, 11) is 2.03. The molecule has 2 aromatic heterocycles. The van der Waals surface area contributed by atoms with E-state index in [2.05, 4.69) is 28.4 Å². The van der Waals surface area contributed by atoms with Gasteiger partial charge < -0.3 is 4.57 Å². The first kappa shape index (κ1) is 13.9. The quantitative estimate of drug-likeness (QED) is 0.718. The molecule has 0 aliphatic rings. The van der Waals surface area contributed by atoms with Gasteiger partial charge in [0, 0.05) is 17.6 Å². The van der Waals surface area contributed by atoms with E-state index in [1.54, 1.807) is 11.3 Å². The molecule has 0 atom stereocenters. The molecule has 0 saturated heterocycles. The Bertz CT molecular complexity index is 467. The lowest BCUT2D eigenvalue weighted by atomic mass is 10.4. The third-order valence-corrected chi connectivity index (χ3v) is 3.97. The topological polar surface area (TPSA) is 30.7 Å². The van der Waals surface area contributed by atoms with Gasteiger partial charge in [0.05, 0.1) is 16.4 Å². The number of hydrogen-bond acceptors (Lipinski definition) is 3. The van der Waals surface area contributed by atoms with E-state index in [-0.39, 0.29) is 0 Å². The second-order valence-electron chi connectivity index (χ2n) is 4.26. The predicted octanol–water partition coefficient (Wildman–Crippen LogP) is 3.41. The molecule has 0 bridgehead atoms. The summed E-state index contributed by atoms with van der Waals surface area (Å²) in [5.74, 6) is 1.09. The lowest BCUT2D eigenvalue weighted by Gasteiger charge is -1.94. The van der Waals surface area contributed by atoms with Crippen LogP contribution >= 0.6 is 11.3 Å². The Kier molecular flexibility index (Phi) is 4.46. The van der Waals surface area contributed by atoms with Crippen molar-refractivity contribution < 1.29 is 0 Å². The highest BCUT2D eigenvalue weighted by Crippen LogP contribution is 2.14. The van der Waals surface area contributed by atoms with Crippen LogP contribution in [-0.2, 0) is 7.05 Å². The van der Waals surface area contributed by atoms with Crippen molar-refractivity contribution in [3.63, 3.8) is 0 Å². The molecule has 2 rings (SSSR count). The fraction of sp³-hybridized carbons (Fsp3) is 0.538. The van der Waals surface area contributed by atoms with E-state index in [0.29, 0.717) is 0 Å². The van der Waals surface area contributed by atoms with Gasteiger partial charge in [-0.3, -0.25) is 0 Å². The Morgan fingerprint density at radius 2 is 1.47 bits per heavy atom. The van der Waals surface area contributed by atoms with Gasteiger partial charge in [-0.05, 0) is 41.5 Å². The highest BCUT2D eigenvalue weighted by Gasteiger charge is 2.00. The zero-order valence-corrected chi connectivity index (χ0v) is 12.6. The van der Waals surface area contributed by atoms with Crippen molar-refractivity contribution in [1.82, 2.24) is 14.5 Å². The van der Waals surface area contributed by atoms with Crippen molar-refractivity contribution in [3.05, 3.63) is 32.8 Å². The molecule has 0 aliphatic heterocycles. The van der Waals surface area contributed by atoms with Crippen molar-refractivity contribution in [2.75, 3.05) is 0 Å². The molecule has 0 spiro atoms. The maximum atomic E-state index is 4.27. The molecule has 2 aromatic rings. The maximum Gasteiger partial charge on any atom is 0.105 e. The molecule has 2 heterocycles. The first-order valence-electron chi connectivity index (χ1n) is 5.70. The molecular formula is C13H21N3S. The van der Waals surface area contributed by atoms with Crippen LogP contribution in [0.1, 0.15) is 32.8 Å². The molecular weight excluding hydrogens is 230 g/mol. The van der Waals surface area contributed by atoms with Crippen molar-refractivity contribution in [2.45, 2.75) is 41.5 Å². The minimum absolute atomic E-state index is 1.09. The molecule has 94 valence electrons. The lowest BCUT2D eigenvalue weighted by Crippen LogP contribution is -1.92. The molecule has 0 saturated carbocycles. The molecule has 0 N–H and O–H groups in total. The van der Waals surface area contributed by atoms with E-state index >= 15 is 0 Å². The van der Waals surface area contributed by atoms with E-state index in [1.807, 2.05) is 34.7 Å². The maximum absolute atomic E-state index is 4.27. The largest absolute Gasteiger partial charge is 0.335 e. The van der Waals surface area contributed by atoms with Crippen LogP contribution in [0.15, 0.2) is 0 Å². The van der Waals surface area contributed by atoms with E-state index in [4.69, 9.17) is 0 Å². The summed E-state index contributed by atoms with van der Waals surface area (Å²) < 4.78 is 2.09. The van der Waals surface area contributed by atoms with Crippen molar-refractivity contribution in [2.24, 2.45) is 7.05 Å². The van der Waals surface area contributed by atoms with Crippen LogP contribution in [0.2, 0.25) is 0 Å². The van der Waals surface area contributed by atoms with Gasteiger partial charge in [-0.1, -0.05) is 0 Å². The van der Waals surface area contributed by atoms with E-state index in [9.17, 15) is 0 Å². The third-order valence-electron chi connectivity index (χ3n) is 2.98. The summed E-state index contributed by atoms with van der Waals surface area (Å²) in [5, 5.41) is 1.17. The van der Waals surface area contributed by atoms with E-state index in [0.717, 1.165) is 11.5 Å². The minimum Gasteiger partial charge on any atom is -0.335 e. The van der Waals surface area contributed by atoms with Crippen LogP contribution in [0, 0.1) is 41.5 Å². The third kappa shape index (κ3) is 3.40. The summed E-state index contributed by atoms with van der Waals surface area (Å²) >= 11 is 1.76. The molecule has 0 aliphatic carbocycles. The van der Waals surface area contributed by atoms with Gasteiger partial charge in [0.1, 0.15) is 5.82 Å². The highest BCUT2D eigenvalue weighted by molar-refractivity contribution is 7.11. The normalized spacial score (nSPS) is 10.1. The Morgan fingerprint density at radius 1 is 0.882 bits per heavy atom. The zero-order valence-electron chi connectivity index (χ0n) is 11.7. The number of aromatic nitrogens is 3. The summed E-state index contributed by atoms with van der Waals surface area (Å²) in [6.07, 6.45) is 0. The number of aryl methyl sites for hydroxylation is 5. The summed E-state index contributed by atoms with van der Waals surface area (Å²) in [5.41, 5.74) is 3.56. The molecule has 4 heteroatoms. The predicted molar refractivity (Wildman–Crippen MR) is 73.7 cm³/mol. The standard InChI is InChI=1S/C7H12N2.C6H9NS/c1-5-6(2)9(4)7(3)8-5;1-4-5(2)8-6(3)7-4/h1-4H3;1-3H3. The van der Waals surface area contributed by atoms with Crippen LogP contribution < -0.4 is 0 Å². The van der Waals surface area contributed by atoms with E-state index < -0.39 is 0 Å². The molecule has 0 amide bonds. The van der Waals surface area contributed by atoms with Crippen LogP contribution in [-0.4, -0.2) is 14.5 Å². The van der Waals surface area contributed by atoms with Gasteiger partial charge in [-0.15, -0.1) is 11.3 Å². The fourth-order valence-electron chi connectivity index (χ4n) is 1.52. The average molecular weight is 251 g/mol. The number of imidazole rings is 1. The molecule has 0 unspecified atom stereocenters. The number of nitrogens with zero attached hydrogens (tertiary/aromatic N) is 3. The molecule has 3 nitrogen and oxygen atoms in total. The zero-order chi connectivity index (χ0) is 13.2. The Labute approximate surface area is 108 Å². The summed E-state index contributed by atoms with van der Waals surface area (Å²) in [6, 6.07) is 0. The first-order valence-corrected chi connectivity index (χ1v) is 6.51.